The Morgan fingerprint density at radius 1 is 1.21 bits per heavy atom. The molecule has 0 radical (unpaired) electrons. The van der Waals surface area contributed by atoms with Gasteiger partial charge in [0.2, 0.25) is 0 Å². The van der Waals surface area contributed by atoms with E-state index < -0.39 is 0 Å². The third-order valence-electron chi connectivity index (χ3n) is 3.53. The number of nitrogens with one attached hydrogen (secondary N) is 1. The van der Waals surface area contributed by atoms with Gasteiger partial charge in [0.1, 0.15) is 17.2 Å². The fourth-order valence-corrected chi connectivity index (χ4v) is 3.87. The molecular formula is C15H25N3S. The normalized spacial score (nSPS) is 15.9. The highest BCUT2D eigenvalue weighted by molar-refractivity contribution is 7.99. The lowest BCUT2D eigenvalue weighted by molar-refractivity contribution is 0.840. The molecule has 0 amide bonds. The van der Waals surface area contributed by atoms with Crippen LogP contribution in [0.25, 0.3) is 0 Å². The van der Waals surface area contributed by atoms with Crippen molar-refractivity contribution in [3.63, 3.8) is 0 Å². The van der Waals surface area contributed by atoms with Gasteiger partial charge >= 0.3 is 0 Å². The van der Waals surface area contributed by atoms with E-state index in [0.29, 0.717) is 0 Å². The van der Waals surface area contributed by atoms with Gasteiger partial charge in [-0.2, -0.15) is 0 Å². The van der Waals surface area contributed by atoms with Gasteiger partial charge in [-0.1, -0.05) is 33.1 Å². The zero-order valence-electron chi connectivity index (χ0n) is 12.1. The predicted octanol–water partition coefficient (Wildman–Crippen LogP) is 4.29. The molecule has 0 saturated heterocycles. The number of nitrogens with zero attached hydrogens (tertiary/aromatic N) is 2. The summed E-state index contributed by atoms with van der Waals surface area (Å²) in [6.45, 7) is 5.39. The van der Waals surface area contributed by atoms with Gasteiger partial charge in [-0.3, -0.25) is 0 Å². The van der Waals surface area contributed by atoms with Gasteiger partial charge in [0.05, 0.1) is 0 Å². The molecule has 0 aromatic carbocycles. The average Bonchev–Trinajstić information content (AvgIpc) is 2.92. The Bertz CT molecular complexity index is 389. The number of rotatable bonds is 7. The van der Waals surface area contributed by atoms with Crippen LogP contribution in [0.15, 0.2) is 11.4 Å². The van der Waals surface area contributed by atoms with Gasteiger partial charge in [0.15, 0.2) is 0 Å². The largest absolute Gasteiger partial charge is 0.370 e. The molecule has 0 spiro atoms. The minimum Gasteiger partial charge on any atom is -0.370 e. The lowest BCUT2D eigenvalue weighted by Gasteiger charge is -2.15. The zero-order chi connectivity index (χ0) is 13.5. The second-order valence-corrected chi connectivity index (χ2v) is 6.50. The molecule has 3 nitrogen and oxygen atoms in total. The molecule has 4 heteroatoms. The summed E-state index contributed by atoms with van der Waals surface area (Å²) in [6.07, 6.45) is 10.5. The fraction of sp³-hybridized carbons (Fsp3) is 0.733. The van der Waals surface area contributed by atoms with Gasteiger partial charge in [-0.05, 0) is 25.7 Å². The van der Waals surface area contributed by atoms with Crippen LogP contribution in [0.5, 0.6) is 0 Å². The van der Waals surface area contributed by atoms with Crippen LogP contribution in [-0.2, 0) is 6.42 Å². The van der Waals surface area contributed by atoms with Gasteiger partial charge in [0, 0.05) is 17.4 Å². The number of anilines is 1. The van der Waals surface area contributed by atoms with E-state index in [1.54, 1.807) is 6.33 Å². The summed E-state index contributed by atoms with van der Waals surface area (Å²) in [5.41, 5.74) is 1.33. The molecule has 19 heavy (non-hydrogen) atoms. The first-order valence-electron chi connectivity index (χ1n) is 7.59. The molecule has 1 aromatic rings. The summed E-state index contributed by atoms with van der Waals surface area (Å²) in [4.78, 5) is 8.98. The van der Waals surface area contributed by atoms with Crippen LogP contribution >= 0.6 is 11.8 Å². The standard InChI is InChI=1S/C15H25N3S/c1-3-7-13-14(16-10-4-2)17-11-18-15(13)19-12-8-5-6-9-12/h11-12H,3-10H2,1-2H3,(H,16,17,18). The summed E-state index contributed by atoms with van der Waals surface area (Å²) in [5.74, 6) is 1.05. The van der Waals surface area contributed by atoms with E-state index in [1.807, 2.05) is 11.8 Å². The van der Waals surface area contributed by atoms with Crippen LogP contribution in [0.4, 0.5) is 5.82 Å². The van der Waals surface area contributed by atoms with E-state index in [2.05, 4.69) is 29.1 Å². The van der Waals surface area contributed by atoms with Crippen molar-refractivity contribution in [2.45, 2.75) is 69.1 Å². The van der Waals surface area contributed by atoms with Crippen molar-refractivity contribution in [1.29, 1.82) is 0 Å². The first-order valence-corrected chi connectivity index (χ1v) is 8.47. The summed E-state index contributed by atoms with van der Waals surface area (Å²) in [6, 6.07) is 0. The van der Waals surface area contributed by atoms with E-state index >= 15 is 0 Å². The SMILES string of the molecule is CCCNc1ncnc(SC2CCCC2)c1CCC. The van der Waals surface area contributed by atoms with Crippen LogP contribution in [0, 0.1) is 0 Å². The zero-order valence-corrected chi connectivity index (χ0v) is 12.9. The Morgan fingerprint density at radius 2 is 2.00 bits per heavy atom. The molecule has 1 aliphatic carbocycles. The molecule has 106 valence electrons. The van der Waals surface area contributed by atoms with Crippen molar-refractivity contribution in [2.24, 2.45) is 0 Å². The topological polar surface area (TPSA) is 37.8 Å². The van der Waals surface area contributed by atoms with Crippen molar-refractivity contribution in [1.82, 2.24) is 9.97 Å². The molecule has 1 fully saturated rings. The molecule has 0 bridgehead atoms. The number of thioether (sulfide) groups is 1. The second-order valence-electron chi connectivity index (χ2n) is 5.21. The van der Waals surface area contributed by atoms with Crippen LogP contribution in [0.2, 0.25) is 0 Å². The Kier molecular flexibility index (Phi) is 5.95. The van der Waals surface area contributed by atoms with E-state index in [1.165, 1.54) is 36.3 Å². The van der Waals surface area contributed by atoms with Crippen LogP contribution in [0.1, 0.15) is 57.9 Å². The quantitative estimate of drug-likeness (QED) is 0.756. The lowest BCUT2D eigenvalue weighted by Crippen LogP contribution is -2.08. The third kappa shape index (κ3) is 4.10. The van der Waals surface area contributed by atoms with Gasteiger partial charge in [-0.15, -0.1) is 11.8 Å². The molecule has 1 aliphatic rings. The Balaban J connectivity index is 2.14. The number of hydrogen-bond acceptors (Lipinski definition) is 4. The molecule has 1 heterocycles. The van der Waals surface area contributed by atoms with E-state index in [9.17, 15) is 0 Å². The Morgan fingerprint density at radius 3 is 2.68 bits per heavy atom. The minimum absolute atomic E-state index is 0.768. The van der Waals surface area contributed by atoms with Gasteiger partial charge < -0.3 is 5.32 Å². The maximum absolute atomic E-state index is 4.54. The maximum atomic E-state index is 4.54. The van der Waals surface area contributed by atoms with Crippen molar-refractivity contribution in [3.05, 3.63) is 11.9 Å². The van der Waals surface area contributed by atoms with E-state index in [0.717, 1.165) is 36.9 Å². The number of hydrogen-bond donors (Lipinski definition) is 1. The van der Waals surface area contributed by atoms with Crippen LogP contribution < -0.4 is 5.32 Å². The van der Waals surface area contributed by atoms with Crippen LogP contribution in [0.3, 0.4) is 0 Å². The summed E-state index contributed by atoms with van der Waals surface area (Å²) >= 11 is 1.97. The maximum Gasteiger partial charge on any atom is 0.133 e. The highest BCUT2D eigenvalue weighted by Gasteiger charge is 2.19. The van der Waals surface area contributed by atoms with E-state index in [4.69, 9.17) is 0 Å². The van der Waals surface area contributed by atoms with Crippen molar-refractivity contribution in [3.8, 4) is 0 Å². The number of aromatic nitrogens is 2. The molecule has 0 atom stereocenters. The molecule has 1 aromatic heterocycles. The van der Waals surface area contributed by atoms with Gasteiger partial charge in [0.25, 0.3) is 0 Å². The summed E-state index contributed by atoms with van der Waals surface area (Å²) < 4.78 is 0. The second kappa shape index (κ2) is 7.73. The molecule has 0 unspecified atom stereocenters. The monoisotopic (exact) mass is 279 g/mol. The van der Waals surface area contributed by atoms with Crippen molar-refractivity contribution < 1.29 is 0 Å². The predicted molar refractivity (Wildman–Crippen MR) is 82.9 cm³/mol. The average molecular weight is 279 g/mol. The molecule has 1 saturated carbocycles. The molecular weight excluding hydrogens is 254 g/mol. The summed E-state index contributed by atoms with van der Waals surface area (Å²) in [7, 11) is 0. The lowest BCUT2D eigenvalue weighted by atomic mass is 10.2. The smallest absolute Gasteiger partial charge is 0.133 e. The Labute approximate surface area is 121 Å². The van der Waals surface area contributed by atoms with Crippen molar-refractivity contribution >= 4 is 17.6 Å². The Hall–Kier alpha value is -0.770. The highest BCUT2D eigenvalue weighted by Crippen LogP contribution is 2.36. The third-order valence-corrected chi connectivity index (χ3v) is 4.91. The highest BCUT2D eigenvalue weighted by atomic mass is 32.2. The molecule has 0 aliphatic heterocycles. The molecule has 1 N–H and O–H groups in total. The van der Waals surface area contributed by atoms with E-state index in [-0.39, 0.29) is 0 Å². The first-order chi connectivity index (χ1) is 9.35. The molecule has 2 rings (SSSR count). The van der Waals surface area contributed by atoms with Crippen LogP contribution in [-0.4, -0.2) is 21.8 Å². The minimum atomic E-state index is 0.768. The first kappa shape index (κ1) is 14.6. The fourth-order valence-electron chi connectivity index (χ4n) is 2.53. The van der Waals surface area contributed by atoms with Crippen molar-refractivity contribution in [2.75, 3.05) is 11.9 Å². The van der Waals surface area contributed by atoms with Gasteiger partial charge in [-0.25, -0.2) is 9.97 Å². The summed E-state index contributed by atoms with van der Waals surface area (Å²) in [5, 5.41) is 5.43.